The Hall–Kier alpha value is -8.55. The monoisotopic (exact) mass is 1420 g/mol. The summed E-state index contributed by atoms with van der Waals surface area (Å²) in [5.74, 6) is -6.31. The van der Waals surface area contributed by atoms with E-state index >= 15 is 0 Å². The van der Waals surface area contributed by atoms with Gasteiger partial charge in [-0.2, -0.15) is 0 Å². The molecule has 102 heavy (non-hydrogen) atoms. The second kappa shape index (κ2) is 45.4. The first-order chi connectivity index (χ1) is 48.5. The predicted molar refractivity (Wildman–Crippen MR) is 385 cm³/mol. The zero-order chi connectivity index (χ0) is 75.4. The van der Waals surface area contributed by atoms with Crippen LogP contribution in [0.2, 0.25) is 0 Å². The lowest BCUT2D eigenvalue weighted by Gasteiger charge is -2.33. The van der Waals surface area contributed by atoms with Gasteiger partial charge in [0.1, 0.15) is 36.0 Å². The van der Waals surface area contributed by atoms with Crippen LogP contribution >= 0.6 is 0 Å². The van der Waals surface area contributed by atoms with Gasteiger partial charge in [0.15, 0.2) is 17.7 Å². The second-order valence-corrected chi connectivity index (χ2v) is 26.9. The number of imide groups is 1. The zero-order valence-corrected chi connectivity index (χ0v) is 62.2. The van der Waals surface area contributed by atoms with E-state index in [-0.39, 0.29) is 72.3 Å². The maximum Gasteiger partial charge on any atom is 0.334 e. The van der Waals surface area contributed by atoms with Crippen LogP contribution in [0.15, 0.2) is 89.0 Å². The normalized spacial score (nSPS) is 21.7. The summed E-state index contributed by atoms with van der Waals surface area (Å²) in [6.45, 7) is 21.5. The summed E-state index contributed by atoms with van der Waals surface area (Å²) >= 11 is 0. The number of ketones is 2. The van der Waals surface area contributed by atoms with Gasteiger partial charge in [-0.15, -0.1) is 0 Å². The highest BCUT2D eigenvalue weighted by Crippen LogP contribution is 2.24. The van der Waals surface area contributed by atoms with Crippen molar-refractivity contribution in [1.82, 2.24) is 30.7 Å². The summed E-state index contributed by atoms with van der Waals surface area (Å²) in [5.41, 5.74) is 3.71. The Kier molecular flexibility index (Phi) is 38.2. The van der Waals surface area contributed by atoms with Gasteiger partial charge in [0.05, 0.1) is 39.5 Å². The van der Waals surface area contributed by atoms with Crippen LogP contribution in [0.3, 0.4) is 0 Å². The molecule has 2 heterocycles. The van der Waals surface area contributed by atoms with Crippen LogP contribution in [-0.2, 0) is 82.8 Å². The first kappa shape index (κ1) is 85.9. The number of unbranched alkanes of at least 4 members (excludes halogenated alkanes) is 4. The molecule has 0 fully saturated rings. The molecule has 2 aromatic rings. The molecule has 0 bridgehead atoms. The average molecular weight is 1420 g/mol. The van der Waals surface area contributed by atoms with Gasteiger partial charge in [-0.25, -0.2) is 9.59 Å². The molecule has 4 rings (SSSR count). The number of rotatable bonds is 34. The molecule has 1 unspecified atom stereocenters. The molecule has 0 aliphatic carbocycles. The quantitative estimate of drug-likeness (QED) is 0.0113. The lowest BCUT2D eigenvalue weighted by atomic mass is 9.93. The largest absolute Gasteiger partial charge is 0.456 e. The Morgan fingerprint density at radius 2 is 1.27 bits per heavy atom. The molecule has 0 spiro atoms. The summed E-state index contributed by atoms with van der Waals surface area (Å²) < 4.78 is 34.4. The summed E-state index contributed by atoms with van der Waals surface area (Å²) in [6.07, 6.45) is 10.8. The maximum absolute atomic E-state index is 14.6. The summed E-state index contributed by atoms with van der Waals surface area (Å²) in [7, 11) is 2.78. The van der Waals surface area contributed by atoms with E-state index in [0.717, 1.165) is 22.5 Å². The van der Waals surface area contributed by atoms with Crippen LogP contribution < -0.4 is 20.7 Å². The van der Waals surface area contributed by atoms with Crippen molar-refractivity contribution in [3.05, 3.63) is 101 Å². The van der Waals surface area contributed by atoms with Crippen molar-refractivity contribution in [3.8, 4) is 5.75 Å². The van der Waals surface area contributed by atoms with Gasteiger partial charge >= 0.3 is 17.9 Å². The number of carbonyl (C=O) groups excluding carboxylic acids is 12. The molecule has 25 nitrogen and oxygen atoms in total. The number of carbonyl (C=O) groups is 12. The minimum Gasteiger partial charge on any atom is -0.456 e. The van der Waals surface area contributed by atoms with Gasteiger partial charge in [-0.3, -0.25) is 57.8 Å². The number of cyclic esters (lactones) is 2. The zero-order valence-electron chi connectivity index (χ0n) is 62.2. The third-order valence-corrected chi connectivity index (χ3v) is 17.9. The van der Waals surface area contributed by atoms with Gasteiger partial charge in [-0.1, -0.05) is 96.0 Å². The molecule has 0 saturated heterocycles. The molecule has 2 aromatic carbocycles. The van der Waals surface area contributed by atoms with Crippen LogP contribution in [0.1, 0.15) is 188 Å². The van der Waals surface area contributed by atoms with Crippen LogP contribution in [0.25, 0.3) is 0 Å². The first-order valence-electron chi connectivity index (χ1n) is 35.9. The maximum atomic E-state index is 14.6. The van der Waals surface area contributed by atoms with Crippen LogP contribution in [0.5, 0.6) is 5.75 Å². The third-order valence-electron chi connectivity index (χ3n) is 17.9. The van der Waals surface area contributed by atoms with Crippen LogP contribution in [0.4, 0.5) is 0 Å². The molecule has 0 aromatic heterocycles. The highest BCUT2D eigenvalue weighted by Gasteiger charge is 2.37. The number of ether oxygens (including phenoxy) is 6. The van der Waals surface area contributed by atoms with E-state index in [9.17, 15) is 57.5 Å². The Labute approximate surface area is 602 Å². The fourth-order valence-electron chi connectivity index (χ4n) is 11.2. The number of nitrogens with zero attached hydrogens (tertiary/aromatic N) is 4. The van der Waals surface area contributed by atoms with Gasteiger partial charge in [0.25, 0.3) is 17.7 Å². The molecule has 7 amide bonds. The minimum absolute atomic E-state index is 0.00899. The Bertz CT molecular complexity index is 3250. The number of nitrogens with one attached hydrogen (secondary N) is 3. The van der Waals surface area contributed by atoms with E-state index < -0.39 is 96.3 Å². The minimum atomic E-state index is -1.27. The smallest absolute Gasteiger partial charge is 0.334 e. The number of hydrogen-bond donors (Lipinski definition) is 3. The number of aliphatic imine (C=N–C) groups is 1. The fraction of sp³-hybridized carbons (Fsp3) is 0.597. The van der Waals surface area contributed by atoms with Crippen molar-refractivity contribution < 1.29 is 86.0 Å². The van der Waals surface area contributed by atoms with Crippen molar-refractivity contribution in [1.29, 1.82) is 0 Å². The standard InChI is InChI=1S/C77H111N7O18/c1-14-51(5)70-73(92)80-57(11)77(96)102-71(52(6)15-2)53(7)24-23-25-54(8)76(95)101-65(46-50(3)4)72(91)79-56(10)74(93)83(13)63(75(94)82(12)49-66(87)81-70)47-58-29-35-62(36-30-58)100-69(90)28-19-22-41-98-43-45-99-44-42-97-40-21-18-27-64(86)60-33-31-59(32-34-60)55(9)78-48-61(85)26-17-16-20-39-84-67(88)37-38-68(84)89/h15,25,29-38,50-51,53,56-57,63,65,70-71H,14,16-24,26-28,39-49H2,1-13H3,(H,79,91)(H,80,92)(H,81,87)/b52-15+,54-25+,78-55?/t51?,53-,56-,57+,63+,65+,70-,71+/m0/s1. The SMILES string of the molecule is C/C=C(\C)[C@H]1OC(=O)[C@@H](C)NC(=O)[C@H](C(C)CC)NC(=O)CN(C)C(=O)[C@@H](Cc2ccc(OC(=O)CCCCOCCOCCOCCCCC(=O)c3ccc(C(C)=NCC(=O)CCCCCN4C(=O)C=CC4=O)cc3)cc2)N(C)C(=O)[C@H](C)NC(=O)[C@@H](CC(C)C)OC(=O)/C(C)=C/CC[C@@H]1C. The molecule has 0 saturated carbocycles. The Morgan fingerprint density at radius 3 is 1.88 bits per heavy atom. The fourth-order valence-corrected chi connectivity index (χ4v) is 11.2. The third kappa shape index (κ3) is 30.2. The molecule has 8 atom stereocenters. The molecule has 3 N–H and O–H groups in total. The Balaban J connectivity index is 1.22. The van der Waals surface area contributed by atoms with Crippen molar-refractivity contribution in [2.24, 2.45) is 22.7 Å². The molecule has 562 valence electrons. The van der Waals surface area contributed by atoms with E-state index in [1.807, 2.05) is 66.7 Å². The topological polar surface area (TPSA) is 318 Å². The molecule has 25 heteroatoms. The molecular weight excluding hydrogens is 1310 g/mol. The molecular formula is C77H111N7O18. The highest BCUT2D eigenvalue weighted by atomic mass is 16.6. The van der Waals surface area contributed by atoms with Crippen LogP contribution in [0, 0.1) is 17.8 Å². The first-order valence-corrected chi connectivity index (χ1v) is 35.9. The number of amides is 7. The second-order valence-electron chi connectivity index (χ2n) is 26.9. The number of esters is 3. The lowest BCUT2D eigenvalue weighted by Crippen LogP contribution is -2.57. The highest BCUT2D eigenvalue weighted by molar-refractivity contribution is 6.13. The molecule has 2 aliphatic heterocycles. The van der Waals surface area contributed by atoms with E-state index in [1.54, 1.807) is 56.3 Å². The number of allylic oxidation sites excluding steroid dienone is 2. The van der Waals surface area contributed by atoms with Crippen molar-refractivity contribution >= 4 is 76.5 Å². The summed E-state index contributed by atoms with van der Waals surface area (Å²) in [4.78, 5) is 167. The predicted octanol–water partition coefficient (Wildman–Crippen LogP) is 8.31. The Morgan fingerprint density at radius 1 is 0.686 bits per heavy atom. The number of likely N-dealkylation sites (N-methyl/N-ethyl adjacent to an activating group) is 2. The summed E-state index contributed by atoms with van der Waals surface area (Å²) in [6, 6.07) is 8.89. The number of hydrogen-bond acceptors (Lipinski definition) is 19. The van der Waals surface area contributed by atoms with Gasteiger partial charge in [-0.05, 0) is 146 Å². The van der Waals surface area contributed by atoms with Crippen LogP contribution in [-0.4, -0.2) is 201 Å². The molecule has 2 aliphatic rings. The van der Waals surface area contributed by atoms with E-state index in [2.05, 4.69) is 20.9 Å². The number of Topliss-reactive ketones (excluding diaryl/α,β-unsaturated/α-hetero) is 2. The van der Waals surface area contributed by atoms with E-state index in [4.69, 9.17) is 28.4 Å². The van der Waals surface area contributed by atoms with Gasteiger partial charge in [0, 0.05) is 88.5 Å². The number of benzene rings is 2. The lowest BCUT2D eigenvalue weighted by molar-refractivity contribution is -0.154. The van der Waals surface area contributed by atoms with E-state index in [1.165, 1.54) is 49.9 Å². The summed E-state index contributed by atoms with van der Waals surface area (Å²) in [5, 5.41) is 8.15. The van der Waals surface area contributed by atoms with Gasteiger partial charge in [0.2, 0.25) is 23.6 Å². The van der Waals surface area contributed by atoms with Crippen molar-refractivity contribution in [2.45, 2.75) is 209 Å². The van der Waals surface area contributed by atoms with E-state index in [0.29, 0.717) is 134 Å². The van der Waals surface area contributed by atoms with Crippen molar-refractivity contribution in [2.75, 3.05) is 73.4 Å². The molecule has 0 radical (unpaired) electrons. The average Bonchev–Trinajstić information content (AvgIpc) is 1.16. The van der Waals surface area contributed by atoms with Gasteiger partial charge < -0.3 is 54.2 Å². The van der Waals surface area contributed by atoms with Crippen molar-refractivity contribution in [3.63, 3.8) is 0 Å².